The SMILES string of the molecule is CCOC(=O)C(Cc1ccccc1)NC(=O)c1ccccc1NC(=O)c1ccccc1NC(=O)c1cc2ccccc2[nH]1. The molecule has 1 heterocycles. The molecule has 216 valence electrons. The minimum atomic E-state index is -0.931. The van der Waals surface area contributed by atoms with E-state index < -0.39 is 29.7 Å². The van der Waals surface area contributed by atoms with Gasteiger partial charge in [-0.25, -0.2) is 4.79 Å². The van der Waals surface area contributed by atoms with Crippen molar-refractivity contribution in [2.24, 2.45) is 0 Å². The summed E-state index contributed by atoms with van der Waals surface area (Å²) >= 11 is 0. The van der Waals surface area contributed by atoms with Gasteiger partial charge in [0.25, 0.3) is 17.7 Å². The second kappa shape index (κ2) is 13.3. The Morgan fingerprint density at radius 3 is 1.95 bits per heavy atom. The number of aromatic amines is 1. The molecule has 5 aromatic rings. The summed E-state index contributed by atoms with van der Waals surface area (Å²) in [5.74, 6) is -2.04. The van der Waals surface area contributed by atoms with Crippen LogP contribution in [0.4, 0.5) is 11.4 Å². The Morgan fingerprint density at radius 2 is 1.28 bits per heavy atom. The second-order valence-electron chi connectivity index (χ2n) is 9.74. The van der Waals surface area contributed by atoms with Crippen molar-refractivity contribution in [2.75, 3.05) is 17.2 Å². The summed E-state index contributed by atoms with van der Waals surface area (Å²) < 4.78 is 5.20. The summed E-state index contributed by atoms with van der Waals surface area (Å²) in [7, 11) is 0. The molecule has 0 fully saturated rings. The zero-order chi connectivity index (χ0) is 30.2. The molecule has 0 saturated carbocycles. The van der Waals surface area contributed by atoms with Crippen LogP contribution in [0.5, 0.6) is 0 Å². The smallest absolute Gasteiger partial charge is 0.328 e. The van der Waals surface area contributed by atoms with E-state index in [-0.39, 0.29) is 29.8 Å². The summed E-state index contributed by atoms with van der Waals surface area (Å²) in [5, 5.41) is 9.24. The quantitative estimate of drug-likeness (QED) is 0.162. The van der Waals surface area contributed by atoms with Gasteiger partial charge < -0.3 is 25.7 Å². The van der Waals surface area contributed by atoms with Crippen LogP contribution in [0.3, 0.4) is 0 Å². The Morgan fingerprint density at radius 1 is 0.698 bits per heavy atom. The molecule has 1 atom stereocenters. The molecule has 0 aliphatic heterocycles. The van der Waals surface area contributed by atoms with E-state index in [1.807, 2.05) is 54.6 Å². The summed E-state index contributed by atoms with van der Waals surface area (Å²) in [5.41, 5.74) is 2.94. The predicted molar refractivity (Wildman–Crippen MR) is 165 cm³/mol. The fourth-order valence-corrected chi connectivity index (χ4v) is 4.68. The third-order valence-electron chi connectivity index (χ3n) is 6.77. The van der Waals surface area contributed by atoms with E-state index in [9.17, 15) is 19.2 Å². The molecular formula is C34H30N4O5. The van der Waals surface area contributed by atoms with Gasteiger partial charge in [-0.2, -0.15) is 0 Å². The minimum Gasteiger partial charge on any atom is -0.464 e. The first kappa shape index (κ1) is 28.8. The maximum Gasteiger partial charge on any atom is 0.328 e. The first-order valence-corrected chi connectivity index (χ1v) is 13.8. The molecule has 4 aromatic carbocycles. The minimum absolute atomic E-state index is 0.165. The van der Waals surface area contributed by atoms with Crippen LogP contribution >= 0.6 is 0 Å². The van der Waals surface area contributed by atoms with Gasteiger partial charge in [0.05, 0.1) is 29.1 Å². The van der Waals surface area contributed by atoms with E-state index in [0.717, 1.165) is 16.5 Å². The van der Waals surface area contributed by atoms with Crippen molar-refractivity contribution >= 4 is 46.0 Å². The number of anilines is 2. The standard InChI is InChI=1S/C34H30N4O5/c1-2-43-34(42)30(20-22-12-4-3-5-13-22)38-32(40)24-15-7-10-18-27(24)36-31(39)25-16-8-11-19-28(25)37-33(41)29-21-23-14-6-9-17-26(23)35-29/h3-19,21,30,35H,2,20H2,1H3,(H,36,39)(H,37,41)(H,38,40). The average Bonchev–Trinajstić information content (AvgIpc) is 3.47. The molecule has 43 heavy (non-hydrogen) atoms. The van der Waals surface area contributed by atoms with Crippen LogP contribution in [0, 0.1) is 0 Å². The third kappa shape index (κ3) is 6.97. The lowest BCUT2D eigenvalue weighted by atomic mass is 10.0. The van der Waals surface area contributed by atoms with Crippen LogP contribution in [0.25, 0.3) is 10.9 Å². The summed E-state index contributed by atoms with van der Waals surface area (Å²) in [4.78, 5) is 55.7. The van der Waals surface area contributed by atoms with Crippen molar-refractivity contribution in [3.05, 3.63) is 132 Å². The number of nitrogens with one attached hydrogen (secondary N) is 4. The number of ether oxygens (including phenoxy) is 1. The van der Waals surface area contributed by atoms with Crippen molar-refractivity contribution in [2.45, 2.75) is 19.4 Å². The molecule has 0 bridgehead atoms. The number of hydrogen-bond donors (Lipinski definition) is 4. The average molecular weight is 575 g/mol. The van der Waals surface area contributed by atoms with Gasteiger partial charge in [-0.15, -0.1) is 0 Å². The van der Waals surface area contributed by atoms with Gasteiger partial charge in [0, 0.05) is 17.3 Å². The van der Waals surface area contributed by atoms with Gasteiger partial charge in [-0.1, -0.05) is 72.8 Å². The highest BCUT2D eigenvalue weighted by Gasteiger charge is 2.25. The zero-order valence-corrected chi connectivity index (χ0v) is 23.4. The van der Waals surface area contributed by atoms with Crippen molar-refractivity contribution < 1.29 is 23.9 Å². The molecule has 0 aliphatic rings. The van der Waals surface area contributed by atoms with Crippen molar-refractivity contribution in [1.29, 1.82) is 0 Å². The second-order valence-corrected chi connectivity index (χ2v) is 9.74. The Balaban J connectivity index is 1.33. The molecule has 9 nitrogen and oxygen atoms in total. The highest BCUT2D eigenvalue weighted by atomic mass is 16.5. The first-order chi connectivity index (χ1) is 20.9. The molecule has 0 spiro atoms. The van der Waals surface area contributed by atoms with Crippen LogP contribution in [0.2, 0.25) is 0 Å². The highest BCUT2D eigenvalue weighted by Crippen LogP contribution is 2.22. The van der Waals surface area contributed by atoms with E-state index in [4.69, 9.17) is 4.74 Å². The van der Waals surface area contributed by atoms with Gasteiger partial charge in [0.2, 0.25) is 0 Å². The summed E-state index contributed by atoms with van der Waals surface area (Å²) in [6, 6.07) is 30.7. The maximum absolute atomic E-state index is 13.4. The molecule has 3 amide bonds. The van der Waals surface area contributed by atoms with Crippen LogP contribution in [-0.4, -0.2) is 41.3 Å². The summed E-state index contributed by atoms with van der Waals surface area (Å²) in [6.45, 7) is 1.87. The Bertz CT molecular complexity index is 1750. The van der Waals surface area contributed by atoms with E-state index in [1.54, 1.807) is 61.5 Å². The number of carbonyl (C=O) groups excluding carboxylic acids is 4. The Labute approximate surface area is 248 Å². The number of amides is 3. The monoisotopic (exact) mass is 574 g/mol. The number of esters is 1. The largest absolute Gasteiger partial charge is 0.464 e. The fraction of sp³-hybridized carbons (Fsp3) is 0.118. The van der Waals surface area contributed by atoms with Gasteiger partial charge in [-0.05, 0) is 48.9 Å². The molecule has 5 rings (SSSR count). The van der Waals surface area contributed by atoms with Crippen molar-refractivity contribution in [3.8, 4) is 0 Å². The number of fused-ring (bicyclic) bond motifs is 1. The molecular weight excluding hydrogens is 544 g/mol. The number of para-hydroxylation sites is 3. The first-order valence-electron chi connectivity index (χ1n) is 13.8. The number of benzene rings is 4. The van der Waals surface area contributed by atoms with E-state index >= 15 is 0 Å². The lowest BCUT2D eigenvalue weighted by molar-refractivity contribution is -0.145. The Hall–Kier alpha value is -5.70. The number of aromatic nitrogens is 1. The molecule has 1 aromatic heterocycles. The lowest BCUT2D eigenvalue weighted by Crippen LogP contribution is -2.43. The number of rotatable bonds is 10. The van der Waals surface area contributed by atoms with Gasteiger partial charge >= 0.3 is 5.97 Å². The lowest BCUT2D eigenvalue weighted by Gasteiger charge is -2.19. The van der Waals surface area contributed by atoms with E-state index in [0.29, 0.717) is 11.4 Å². The van der Waals surface area contributed by atoms with Crippen molar-refractivity contribution in [1.82, 2.24) is 10.3 Å². The van der Waals surface area contributed by atoms with Crippen LogP contribution in [0.1, 0.15) is 43.7 Å². The highest BCUT2D eigenvalue weighted by molar-refractivity contribution is 6.14. The number of H-pyrrole nitrogens is 1. The molecule has 0 aliphatic carbocycles. The number of carbonyl (C=O) groups is 4. The van der Waals surface area contributed by atoms with Gasteiger partial charge in [-0.3, -0.25) is 14.4 Å². The fourth-order valence-electron chi connectivity index (χ4n) is 4.68. The topological polar surface area (TPSA) is 129 Å². The van der Waals surface area contributed by atoms with Gasteiger partial charge in [0.1, 0.15) is 11.7 Å². The summed E-state index contributed by atoms with van der Waals surface area (Å²) in [6.07, 6.45) is 0.239. The van der Waals surface area contributed by atoms with E-state index in [1.165, 1.54) is 0 Å². The molecule has 1 unspecified atom stereocenters. The van der Waals surface area contributed by atoms with Crippen LogP contribution < -0.4 is 16.0 Å². The molecule has 0 saturated heterocycles. The Kier molecular flexibility index (Phi) is 8.92. The molecule has 9 heteroatoms. The molecule has 4 N–H and O–H groups in total. The van der Waals surface area contributed by atoms with E-state index in [2.05, 4.69) is 20.9 Å². The van der Waals surface area contributed by atoms with Crippen LogP contribution in [-0.2, 0) is 16.0 Å². The normalized spacial score (nSPS) is 11.4. The number of hydrogen-bond acceptors (Lipinski definition) is 5. The van der Waals surface area contributed by atoms with Crippen molar-refractivity contribution in [3.63, 3.8) is 0 Å². The molecule has 0 radical (unpaired) electrons. The van der Waals surface area contributed by atoms with Crippen LogP contribution in [0.15, 0.2) is 109 Å². The maximum atomic E-state index is 13.4. The van der Waals surface area contributed by atoms with Gasteiger partial charge in [0.15, 0.2) is 0 Å². The predicted octanol–water partition coefficient (Wildman–Crippen LogP) is 5.58. The zero-order valence-electron chi connectivity index (χ0n) is 23.4. The third-order valence-corrected chi connectivity index (χ3v) is 6.77.